The van der Waals surface area contributed by atoms with Crippen LogP contribution in [0.2, 0.25) is 0 Å². The van der Waals surface area contributed by atoms with E-state index in [1.165, 1.54) is 0 Å². The molecule has 2 aromatic heterocycles. The minimum absolute atomic E-state index is 0.133. The third kappa shape index (κ3) is 3.61. The Hall–Kier alpha value is -2.70. The fraction of sp³-hybridized carbons (Fsp3) is 0.478. The number of likely N-dealkylation sites (tertiary alicyclic amines) is 1. The van der Waals surface area contributed by atoms with Crippen molar-refractivity contribution in [3.8, 4) is 11.6 Å². The molecular weight excluding hydrogens is 384 g/mol. The summed E-state index contributed by atoms with van der Waals surface area (Å²) < 4.78 is 29.2. The Labute approximate surface area is 175 Å². The Kier molecular flexibility index (Phi) is 4.64. The van der Waals surface area contributed by atoms with Gasteiger partial charge in [0.1, 0.15) is 0 Å². The minimum atomic E-state index is -1.54. The second-order valence-electron chi connectivity index (χ2n) is 9.32. The van der Waals surface area contributed by atoms with Crippen molar-refractivity contribution in [2.75, 3.05) is 13.1 Å². The molecule has 3 unspecified atom stereocenters. The van der Waals surface area contributed by atoms with E-state index in [0.717, 1.165) is 37.1 Å². The molecular formula is C23H25F2N5. The summed E-state index contributed by atoms with van der Waals surface area (Å²) in [7, 11) is 0. The predicted octanol–water partition coefficient (Wildman–Crippen LogP) is 4.62. The molecule has 2 aliphatic carbocycles. The smallest absolute Gasteiger partial charge is 0.197 e. The standard InChI is InChI=1S/C23H25F2N5/c1-23(2)4-7-30(13-23)19-9-14(8-18(24)20(19)25)16-10-17(16)15-11-28-22(29-12-15)21-26-5-3-6-27-21/h3,5-6,9,11-12,16-18H,4,7-8,10,13H2,1-2H3. The van der Waals surface area contributed by atoms with Gasteiger partial charge >= 0.3 is 0 Å². The molecule has 3 atom stereocenters. The van der Waals surface area contributed by atoms with E-state index in [1.807, 2.05) is 11.0 Å². The van der Waals surface area contributed by atoms with Crippen LogP contribution >= 0.6 is 0 Å². The Balaban J connectivity index is 1.33. The van der Waals surface area contributed by atoms with Gasteiger partial charge in [0.05, 0.1) is 5.70 Å². The van der Waals surface area contributed by atoms with Crippen LogP contribution in [0, 0.1) is 11.3 Å². The number of halogens is 2. The van der Waals surface area contributed by atoms with Crippen LogP contribution in [0.1, 0.15) is 44.6 Å². The van der Waals surface area contributed by atoms with Crippen molar-refractivity contribution in [3.63, 3.8) is 0 Å². The second kappa shape index (κ2) is 7.22. The maximum absolute atomic E-state index is 14.6. The molecule has 0 amide bonds. The Morgan fingerprint density at radius 2 is 1.73 bits per heavy atom. The average molecular weight is 409 g/mol. The molecule has 7 heteroatoms. The van der Waals surface area contributed by atoms with Gasteiger partial charge in [-0.15, -0.1) is 0 Å². The highest BCUT2D eigenvalue weighted by atomic mass is 19.2. The van der Waals surface area contributed by atoms with E-state index in [9.17, 15) is 8.78 Å². The predicted molar refractivity (Wildman–Crippen MR) is 110 cm³/mol. The van der Waals surface area contributed by atoms with Crippen LogP contribution in [0.15, 0.2) is 54.0 Å². The van der Waals surface area contributed by atoms with Crippen molar-refractivity contribution in [3.05, 3.63) is 59.6 Å². The molecule has 5 nitrogen and oxygen atoms in total. The van der Waals surface area contributed by atoms with E-state index in [0.29, 0.717) is 17.3 Å². The lowest BCUT2D eigenvalue weighted by atomic mass is 9.92. The van der Waals surface area contributed by atoms with Crippen molar-refractivity contribution in [1.29, 1.82) is 0 Å². The number of rotatable bonds is 4. The lowest BCUT2D eigenvalue weighted by Gasteiger charge is -2.28. The molecule has 1 saturated carbocycles. The summed E-state index contributed by atoms with van der Waals surface area (Å²) in [5.41, 5.74) is 2.61. The molecule has 1 saturated heterocycles. The molecule has 5 rings (SSSR count). The molecule has 3 heterocycles. The average Bonchev–Trinajstić information content (AvgIpc) is 3.47. The van der Waals surface area contributed by atoms with Crippen molar-refractivity contribution in [2.24, 2.45) is 11.3 Å². The lowest BCUT2D eigenvalue weighted by molar-refractivity contribution is 0.282. The quantitative estimate of drug-likeness (QED) is 0.738. The molecule has 0 N–H and O–H groups in total. The summed E-state index contributed by atoms with van der Waals surface area (Å²) in [5.74, 6) is 0.854. The van der Waals surface area contributed by atoms with Crippen LogP contribution in [0.4, 0.5) is 8.78 Å². The van der Waals surface area contributed by atoms with Gasteiger partial charge in [0.2, 0.25) is 0 Å². The van der Waals surface area contributed by atoms with Crippen molar-refractivity contribution < 1.29 is 8.78 Å². The van der Waals surface area contributed by atoms with Crippen molar-refractivity contribution in [1.82, 2.24) is 24.8 Å². The van der Waals surface area contributed by atoms with Gasteiger partial charge in [-0.05, 0) is 47.8 Å². The molecule has 0 spiro atoms. The van der Waals surface area contributed by atoms with Crippen LogP contribution in [0.5, 0.6) is 0 Å². The lowest BCUT2D eigenvalue weighted by Crippen LogP contribution is -2.26. The van der Waals surface area contributed by atoms with Gasteiger partial charge < -0.3 is 4.90 Å². The molecule has 1 aliphatic heterocycles. The number of aromatic nitrogens is 4. The van der Waals surface area contributed by atoms with Crippen LogP contribution < -0.4 is 0 Å². The molecule has 2 aromatic rings. The van der Waals surface area contributed by atoms with Crippen LogP contribution in [-0.4, -0.2) is 44.1 Å². The summed E-state index contributed by atoms with van der Waals surface area (Å²) in [5, 5.41) is 0. The van der Waals surface area contributed by atoms with E-state index in [-0.39, 0.29) is 23.7 Å². The third-order valence-corrected chi connectivity index (χ3v) is 6.41. The topological polar surface area (TPSA) is 54.8 Å². The van der Waals surface area contributed by atoms with Crippen LogP contribution in [-0.2, 0) is 0 Å². The van der Waals surface area contributed by atoms with E-state index in [1.54, 1.807) is 30.9 Å². The summed E-state index contributed by atoms with van der Waals surface area (Å²) >= 11 is 0. The van der Waals surface area contributed by atoms with Crippen LogP contribution in [0.3, 0.4) is 0 Å². The van der Waals surface area contributed by atoms with Gasteiger partial charge in [-0.3, -0.25) is 0 Å². The normalized spacial score (nSPS) is 27.9. The highest BCUT2D eigenvalue weighted by molar-refractivity contribution is 5.43. The molecule has 2 fully saturated rings. The maximum Gasteiger partial charge on any atom is 0.197 e. The molecule has 3 aliphatic rings. The zero-order valence-corrected chi connectivity index (χ0v) is 17.2. The molecule has 0 aromatic carbocycles. The fourth-order valence-corrected chi connectivity index (χ4v) is 4.61. The third-order valence-electron chi connectivity index (χ3n) is 6.41. The number of hydrogen-bond donors (Lipinski definition) is 0. The first-order valence-corrected chi connectivity index (χ1v) is 10.5. The highest BCUT2D eigenvalue weighted by Crippen LogP contribution is 2.54. The van der Waals surface area contributed by atoms with Gasteiger partial charge in [0.15, 0.2) is 23.6 Å². The summed E-state index contributed by atoms with van der Waals surface area (Å²) in [4.78, 5) is 19.2. The first-order valence-electron chi connectivity index (χ1n) is 10.5. The van der Waals surface area contributed by atoms with E-state index in [4.69, 9.17) is 0 Å². The molecule has 0 bridgehead atoms. The van der Waals surface area contributed by atoms with Gasteiger partial charge in [0, 0.05) is 44.3 Å². The Morgan fingerprint density at radius 3 is 2.40 bits per heavy atom. The highest BCUT2D eigenvalue weighted by Gasteiger charge is 2.44. The summed E-state index contributed by atoms with van der Waals surface area (Å²) in [6.45, 7) is 5.88. The largest absolute Gasteiger partial charge is 0.369 e. The second-order valence-corrected chi connectivity index (χ2v) is 9.32. The van der Waals surface area contributed by atoms with E-state index in [2.05, 4.69) is 33.8 Å². The molecule has 156 valence electrons. The van der Waals surface area contributed by atoms with Crippen LogP contribution in [0.25, 0.3) is 11.6 Å². The minimum Gasteiger partial charge on any atom is -0.369 e. The Morgan fingerprint density at radius 1 is 1.03 bits per heavy atom. The van der Waals surface area contributed by atoms with Gasteiger partial charge in [-0.2, -0.15) is 0 Å². The zero-order valence-electron chi connectivity index (χ0n) is 17.2. The van der Waals surface area contributed by atoms with Gasteiger partial charge in [0.25, 0.3) is 0 Å². The van der Waals surface area contributed by atoms with Gasteiger partial charge in [-0.25, -0.2) is 28.7 Å². The molecule has 30 heavy (non-hydrogen) atoms. The zero-order chi connectivity index (χ0) is 20.9. The number of nitrogens with zero attached hydrogens (tertiary/aromatic N) is 5. The number of hydrogen-bond acceptors (Lipinski definition) is 5. The monoisotopic (exact) mass is 409 g/mol. The summed E-state index contributed by atoms with van der Waals surface area (Å²) in [6.07, 6.45) is 9.35. The first-order chi connectivity index (χ1) is 14.4. The summed E-state index contributed by atoms with van der Waals surface area (Å²) in [6, 6.07) is 1.75. The van der Waals surface area contributed by atoms with Gasteiger partial charge in [-0.1, -0.05) is 19.4 Å². The SMILES string of the molecule is CC1(C)CCN(C2=C(F)C(F)CC(C3CC3c3cnc(-c4ncccn4)nc3)=C2)C1. The fourth-order valence-electron chi connectivity index (χ4n) is 4.61. The van der Waals surface area contributed by atoms with E-state index < -0.39 is 12.0 Å². The molecule has 0 radical (unpaired) electrons. The Bertz CT molecular complexity index is 1000. The van der Waals surface area contributed by atoms with Crippen molar-refractivity contribution in [2.45, 2.75) is 45.2 Å². The van der Waals surface area contributed by atoms with E-state index >= 15 is 0 Å². The van der Waals surface area contributed by atoms with Crippen molar-refractivity contribution >= 4 is 0 Å². The first kappa shape index (κ1) is 19.3. The number of allylic oxidation sites excluding steroid dienone is 3. The maximum atomic E-state index is 14.6. The number of alkyl halides is 1.